The number of rotatable bonds is 11. The molecule has 1 aliphatic heterocycles. The van der Waals surface area contributed by atoms with Crippen LogP contribution in [-0.2, 0) is 20.9 Å². The second kappa shape index (κ2) is 35.7. The van der Waals surface area contributed by atoms with Crippen molar-refractivity contribution in [1.82, 2.24) is 9.78 Å². The zero-order valence-corrected chi connectivity index (χ0v) is 77.0. The summed E-state index contributed by atoms with van der Waals surface area (Å²) >= 11 is 3.39. The molecule has 0 radical (unpaired) electrons. The summed E-state index contributed by atoms with van der Waals surface area (Å²) in [6.45, 7) is 25.2. The average Bonchev–Trinajstić information content (AvgIpc) is 1.35. The Morgan fingerprint density at radius 2 is 0.822 bits per heavy atom. The van der Waals surface area contributed by atoms with Crippen molar-refractivity contribution in [2.75, 3.05) is 51.9 Å². The summed E-state index contributed by atoms with van der Waals surface area (Å²) in [5.41, 5.74) is -1.63. The van der Waals surface area contributed by atoms with Gasteiger partial charge in [0.05, 0.1) is 91.0 Å². The van der Waals surface area contributed by atoms with Gasteiger partial charge in [-0.2, -0.15) is 15.6 Å². The van der Waals surface area contributed by atoms with Gasteiger partial charge in [-0.05, 0) is 414 Å². The third-order valence-electron chi connectivity index (χ3n) is 39.5. The van der Waals surface area contributed by atoms with Gasteiger partial charge in [0.2, 0.25) is 0 Å². The van der Waals surface area contributed by atoms with Crippen molar-refractivity contribution in [3.63, 3.8) is 0 Å². The molecule has 16 fully saturated rings. The van der Waals surface area contributed by atoms with Gasteiger partial charge >= 0.3 is 0 Å². The number of aliphatic imine (C=N–C) groups is 1. The first kappa shape index (κ1) is 92.7. The second-order valence-electron chi connectivity index (χ2n) is 45.3. The number of aliphatic hydroxyl groups excluding tert-OH is 1. The van der Waals surface area contributed by atoms with E-state index < -0.39 is 22.4 Å². The third kappa shape index (κ3) is 16.8. The number of aliphatic hydroxyl groups is 5. The topological polar surface area (TPSA) is 230 Å². The van der Waals surface area contributed by atoms with Crippen molar-refractivity contribution in [3.8, 4) is 12.1 Å². The van der Waals surface area contributed by atoms with Crippen LogP contribution in [0.15, 0.2) is 29.0 Å². The number of hydrogen-bond donors (Lipinski definition) is 5. The lowest BCUT2D eigenvalue weighted by Gasteiger charge is -2.62. The fourth-order valence-corrected chi connectivity index (χ4v) is 34.2. The lowest BCUT2D eigenvalue weighted by molar-refractivity contribution is -0.164. The predicted octanol–water partition coefficient (Wildman–Crippen LogP) is 21.1. The van der Waals surface area contributed by atoms with Crippen molar-refractivity contribution in [1.29, 1.82) is 10.5 Å². The molecule has 662 valence electrons. The van der Waals surface area contributed by atoms with Crippen LogP contribution in [0.2, 0.25) is 0 Å². The smallest absolute Gasteiger partial charge is 0.157 e. The summed E-state index contributed by atoms with van der Waals surface area (Å²) in [6, 6.07) is 4.05. The molecule has 0 bridgehead atoms. The highest BCUT2D eigenvalue weighted by atomic mass is 79.9. The van der Waals surface area contributed by atoms with Gasteiger partial charge in [-0.1, -0.05) is 43.6 Å². The van der Waals surface area contributed by atoms with Gasteiger partial charge in [0.1, 0.15) is 23.7 Å². The Bertz CT molecular complexity index is 3860. The highest BCUT2D eigenvalue weighted by Crippen LogP contribution is 2.74. The monoisotopic (exact) mass is 1730 g/mol. The van der Waals surface area contributed by atoms with Crippen molar-refractivity contribution < 1.29 is 57.5 Å². The molecule has 1 aromatic heterocycles. The van der Waals surface area contributed by atoms with Crippen molar-refractivity contribution >= 4 is 48.1 Å². The Labute approximate surface area is 717 Å². The molecule has 1 aromatic rings. The standard InChI is InChI=1S/C26H36FN3O2.C22H34BrFO2.C22H37FO2.C22H35FO2.C5H4N2.C2H7P/c1-24(32)9-10-26(16-27)18(11-24)3-4-19-20-5-6-22(25(20,2)8-7-21(19)26)23(31)15-30-14-17(12-28)13-29-30;1-20(26)9-10-22(13-24)14(11-20)3-4-15-16-5-6-18(19(25)12-23)21(16,2)8-7-17(15)22;2*1-14(24)17-6-7-18-16-5-4-15-12-20(2,25)10-11-22(15,13-23)19(16)8-9-21(17,18)3;6-3-5-1-2-7-4-5;1-3-2/h13-14,18-22,32H,3-11,15-16H2,1-2H3;14-18,26H,3-13H2,1-2H3;14-19,24-25H,4-13H2,1-3H3;15-19,25H,4-13H2,1-3H3;1,4H,2H2;3H,1-2H3/t18-,19+,20+,21+,22-,24-,25+,26-;14?,15-,16-,17-,18+,20+,21-,22+;14?,15?,16-,17?,18-,19-,20+,21+,22+;15?,16-,17+,18-,19-,20+,21+,22+;;/m1000../s1. The van der Waals surface area contributed by atoms with Gasteiger partial charge in [0.25, 0.3) is 0 Å². The molecule has 18 rings (SSSR count). The number of aromatic nitrogens is 2. The van der Waals surface area contributed by atoms with Crippen LogP contribution in [0.1, 0.15) is 306 Å². The zero-order chi connectivity index (χ0) is 85.4. The van der Waals surface area contributed by atoms with Crippen molar-refractivity contribution in [2.45, 2.75) is 335 Å². The van der Waals surface area contributed by atoms with E-state index in [1.54, 1.807) is 30.1 Å². The van der Waals surface area contributed by atoms with Gasteiger partial charge in [-0.25, -0.2) is 0 Å². The largest absolute Gasteiger partial charge is 0.393 e. The quantitative estimate of drug-likeness (QED) is 0.0795. The average molecular weight is 1730 g/mol. The minimum absolute atomic E-state index is 0.0199. The van der Waals surface area contributed by atoms with E-state index in [-0.39, 0.29) is 112 Å². The number of halogens is 5. The summed E-state index contributed by atoms with van der Waals surface area (Å²) in [4.78, 5) is 41.8. The number of fused-ring (bicyclic) bond motifs is 20. The van der Waals surface area contributed by atoms with E-state index in [0.29, 0.717) is 136 Å². The lowest BCUT2D eigenvalue weighted by Crippen LogP contribution is -2.57. The van der Waals surface area contributed by atoms with Gasteiger partial charge in [-0.15, -0.1) is 8.58 Å². The summed E-state index contributed by atoms with van der Waals surface area (Å²) in [7, 11) is 1.08. The van der Waals surface area contributed by atoms with E-state index >= 15 is 0 Å². The fourth-order valence-electron chi connectivity index (χ4n) is 33.8. The maximum atomic E-state index is 14.8. The van der Waals surface area contributed by atoms with Crippen LogP contribution < -0.4 is 0 Å². The molecule has 16 saturated carbocycles. The van der Waals surface area contributed by atoms with E-state index in [9.17, 15) is 57.5 Å². The first-order chi connectivity index (χ1) is 55.8. The molecule has 2 heterocycles. The van der Waals surface area contributed by atoms with Crippen LogP contribution in [-0.4, -0.2) is 139 Å². The molecule has 17 aliphatic rings. The number of nitriles is 2. The number of allylic oxidation sites excluding steroid dienone is 1. The summed E-state index contributed by atoms with van der Waals surface area (Å²) < 4.78 is 60.0. The summed E-state index contributed by atoms with van der Waals surface area (Å²) in [5, 5.41) is 74.5. The maximum absolute atomic E-state index is 14.8. The number of carbonyl (C=O) groups is 3. The molecule has 5 unspecified atom stereocenters. The van der Waals surface area contributed by atoms with Crippen LogP contribution in [0.25, 0.3) is 0 Å². The Balaban J connectivity index is 0.000000132. The second-order valence-corrected chi connectivity index (χ2v) is 46.9. The van der Waals surface area contributed by atoms with E-state index in [1.807, 2.05) is 40.7 Å². The highest BCUT2D eigenvalue weighted by molar-refractivity contribution is 9.09. The van der Waals surface area contributed by atoms with Crippen LogP contribution >= 0.6 is 24.5 Å². The first-order valence-electron chi connectivity index (χ1n) is 47.4. The fraction of sp³-hybridized carbons (Fsp3) is 0.889. The molecule has 33 atom stereocenters. The molecule has 0 amide bonds. The summed E-state index contributed by atoms with van der Waals surface area (Å²) in [6.07, 6.45) is 41.9. The number of alkyl halides is 5. The number of hydrogen-bond acceptors (Lipinski definition) is 12. The molecule has 16 aliphatic carbocycles. The molecule has 13 nitrogen and oxygen atoms in total. The van der Waals surface area contributed by atoms with Crippen LogP contribution in [0.5, 0.6) is 0 Å². The maximum Gasteiger partial charge on any atom is 0.157 e. The minimum Gasteiger partial charge on any atom is -0.393 e. The van der Waals surface area contributed by atoms with Gasteiger partial charge in [0.15, 0.2) is 5.78 Å². The number of nitrogens with zero attached hydrogens (tertiary/aromatic N) is 5. The van der Waals surface area contributed by atoms with E-state index in [0.717, 1.165) is 208 Å². The minimum atomic E-state index is -0.651. The van der Waals surface area contributed by atoms with Gasteiger partial charge in [0, 0.05) is 51.8 Å². The molecule has 0 aromatic carbocycles. The number of carbonyl (C=O) groups excluding carboxylic acids is 3. The zero-order valence-electron chi connectivity index (χ0n) is 74.4. The van der Waals surface area contributed by atoms with Crippen LogP contribution in [0, 0.1) is 184 Å². The van der Waals surface area contributed by atoms with Gasteiger partial charge in [-0.3, -0.25) is 41.6 Å². The number of ketones is 3. The van der Waals surface area contributed by atoms with E-state index in [1.165, 1.54) is 31.9 Å². The van der Waals surface area contributed by atoms with E-state index in [4.69, 9.17) is 10.5 Å². The number of Topliss-reactive ketones (excluding diaryl/α,β-unsaturated/α-hetero) is 3. The van der Waals surface area contributed by atoms with Crippen LogP contribution in [0.4, 0.5) is 17.6 Å². The Hall–Kier alpha value is -2.96. The molecule has 19 heteroatoms. The van der Waals surface area contributed by atoms with Crippen molar-refractivity contribution in [3.05, 3.63) is 29.6 Å². The SMILES string of the molecule is CC(=O)[C@H]1CC[C@H]2[C@@H]3CCC4C[C@](C)(O)CC[C@]4(CF)[C@H]3CC[C@]12C.CC(O)C1CC[C@H]2[C@@H]3CCC4C[C@](C)(O)CC[C@]4(CF)[C@H]3CC[C@]12C.CPC.C[C@@]1(O)CC[C@@]2(CF)C(CC[C@@H]3[C@@H]2CC[C@]2(C)[C@@H](C(=O)CBr)CC[C@@H]32)C1.C[C@@]1(O)CC[C@@]2(CF)[C@H](CC[C@H]3[C@@H]4CC[C@H](C(=O)Cn5cc(C#N)cn5)[C@@]4(C)CC[C@@H]32)C1.N#CC1=CCN=C1. The molecule has 118 heavy (non-hydrogen) atoms. The van der Waals surface area contributed by atoms with Crippen LogP contribution in [0.3, 0.4) is 0 Å². The Kier molecular flexibility index (Phi) is 28.0. The summed E-state index contributed by atoms with van der Waals surface area (Å²) in [5.74, 6) is 9.61. The Morgan fingerprint density at radius 1 is 0.483 bits per heavy atom. The molecular formula is C99H153BrF4N5O8P. The molecule has 0 saturated heterocycles. The van der Waals surface area contributed by atoms with Gasteiger partial charge < -0.3 is 25.5 Å². The lowest BCUT2D eigenvalue weighted by atomic mass is 9.43. The Morgan fingerprint density at radius 3 is 1.13 bits per heavy atom. The first-order valence-corrected chi connectivity index (χ1v) is 50.5. The predicted molar refractivity (Wildman–Crippen MR) is 465 cm³/mol. The molecule has 0 spiro atoms. The van der Waals surface area contributed by atoms with E-state index in [2.05, 4.69) is 73.1 Å². The molecular weight excluding hydrogens is 1570 g/mol. The van der Waals surface area contributed by atoms with Crippen molar-refractivity contribution in [2.24, 2.45) is 167 Å². The normalized spacial score (nSPS) is 48.9. The third-order valence-corrected chi connectivity index (χ3v) is 40.1. The highest BCUT2D eigenvalue weighted by Gasteiger charge is 2.69. The molecule has 5 N–H and O–H groups in total.